The summed E-state index contributed by atoms with van der Waals surface area (Å²) in [5.41, 5.74) is -0.538. The molecule has 72 valence electrons. The van der Waals surface area contributed by atoms with Crippen LogP contribution in [0.3, 0.4) is 0 Å². The molecule has 0 heterocycles. The normalized spacial score (nSPS) is 41.2. The lowest BCUT2D eigenvalue weighted by Gasteiger charge is -2.43. The first kappa shape index (κ1) is 10.0. The Morgan fingerprint density at radius 2 is 1.92 bits per heavy atom. The summed E-state index contributed by atoms with van der Waals surface area (Å²) in [4.78, 5) is 0. The second-order valence-electron chi connectivity index (χ2n) is 4.98. The molecule has 1 saturated carbocycles. The molecule has 1 rings (SSSR count). The van der Waals surface area contributed by atoms with Crippen LogP contribution in [0.2, 0.25) is 0 Å². The number of hydrogen-bond donors (Lipinski definition) is 2. The van der Waals surface area contributed by atoms with Crippen molar-refractivity contribution in [3.05, 3.63) is 0 Å². The zero-order valence-corrected chi connectivity index (χ0v) is 8.30. The molecule has 1 aliphatic carbocycles. The minimum atomic E-state index is -0.624. The summed E-state index contributed by atoms with van der Waals surface area (Å²) in [6.45, 7) is 6.19. The Balaban J connectivity index is 2.70. The van der Waals surface area contributed by atoms with Gasteiger partial charge in [0.25, 0.3) is 0 Å². The minimum Gasteiger partial charge on any atom is -0.393 e. The topological polar surface area (TPSA) is 40.5 Å². The molecular weight excluding hydrogens is 152 g/mol. The maximum absolute atomic E-state index is 10.0. The molecule has 0 aromatic rings. The first-order valence-corrected chi connectivity index (χ1v) is 4.77. The van der Waals surface area contributed by atoms with Crippen LogP contribution in [-0.2, 0) is 0 Å². The Morgan fingerprint density at radius 1 is 1.33 bits per heavy atom. The summed E-state index contributed by atoms with van der Waals surface area (Å²) in [6.07, 6.45) is 2.60. The van der Waals surface area contributed by atoms with E-state index in [0.29, 0.717) is 6.42 Å². The number of rotatable bonds is 1. The van der Waals surface area contributed by atoms with E-state index in [0.717, 1.165) is 19.3 Å². The third-order valence-electron chi connectivity index (χ3n) is 2.87. The van der Waals surface area contributed by atoms with Crippen LogP contribution < -0.4 is 0 Å². The highest BCUT2D eigenvalue weighted by molar-refractivity contribution is 4.93. The van der Waals surface area contributed by atoms with Gasteiger partial charge in [-0.05, 0) is 24.7 Å². The Bertz CT molecular complexity index is 165. The van der Waals surface area contributed by atoms with Crippen LogP contribution in [0.15, 0.2) is 0 Å². The van der Waals surface area contributed by atoms with Crippen molar-refractivity contribution in [3.8, 4) is 0 Å². The predicted molar refractivity (Wildman–Crippen MR) is 48.9 cm³/mol. The van der Waals surface area contributed by atoms with Gasteiger partial charge in [0.15, 0.2) is 0 Å². The highest BCUT2D eigenvalue weighted by Gasteiger charge is 2.41. The Labute approximate surface area is 74.6 Å². The van der Waals surface area contributed by atoms with Crippen LogP contribution in [0.25, 0.3) is 0 Å². The van der Waals surface area contributed by atoms with Crippen molar-refractivity contribution in [2.45, 2.75) is 58.2 Å². The molecule has 12 heavy (non-hydrogen) atoms. The molecule has 0 aromatic heterocycles. The van der Waals surface area contributed by atoms with Crippen molar-refractivity contribution in [2.75, 3.05) is 0 Å². The van der Waals surface area contributed by atoms with Gasteiger partial charge in [-0.1, -0.05) is 20.8 Å². The predicted octanol–water partition coefficient (Wildman–Crippen LogP) is 1.70. The molecule has 1 aliphatic rings. The standard InChI is InChI=1S/C10H20O2/c1-4-10(12)6-8(11)5-9(2,3)7-10/h8,11-12H,4-7H2,1-3H3. The molecule has 2 atom stereocenters. The van der Waals surface area contributed by atoms with Crippen molar-refractivity contribution in [1.82, 2.24) is 0 Å². The maximum atomic E-state index is 10.0. The molecule has 1 fully saturated rings. The SMILES string of the molecule is CCC1(O)CC(O)CC(C)(C)C1. The van der Waals surface area contributed by atoms with Crippen LogP contribution >= 0.6 is 0 Å². The van der Waals surface area contributed by atoms with Gasteiger partial charge >= 0.3 is 0 Å². The van der Waals surface area contributed by atoms with Crippen LogP contribution in [0, 0.1) is 5.41 Å². The fourth-order valence-electron chi connectivity index (χ4n) is 2.45. The molecule has 0 amide bonds. The third-order valence-corrected chi connectivity index (χ3v) is 2.87. The van der Waals surface area contributed by atoms with Gasteiger partial charge in [-0.25, -0.2) is 0 Å². The third kappa shape index (κ3) is 2.20. The van der Waals surface area contributed by atoms with Crippen molar-refractivity contribution in [2.24, 2.45) is 5.41 Å². The van der Waals surface area contributed by atoms with E-state index in [1.165, 1.54) is 0 Å². The van der Waals surface area contributed by atoms with E-state index in [9.17, 15) is 10.2 Å². The highest BCUT2D eigenvalue weighted by Crippen LogP contribution is 2.42. The largest absolute Gasteiger partial charge is 0.393 e. The zero-order valence-electron chi connectivity index (χ0n) is 8.30. The van der Waals surface area contributed by atoms with Gasteiger partial charge in [0.2, 0.25) is 0 Å². The van der Waals surface area contributed by atoms with E-state index < -0.39 is 5.60 Å². The lowest BCUT2D eigenvalue weighted by atomic mass is 9.68. The first-order chi connectivity index (χ1) is 5.37. The smallest absolute Gasteiger partial charge is 0.0674 e. The summed E-state index contributed by atoms with van der Waals surface area (Å²) in [5, 5.41) is 19.6. The summed E-state index contributed by atoms with van der Waals surface area (Å²) >= 11 is 0. The second kappa shape index (κ2) is 3.00. The molecule has 0 bridgehead atoms. The van der Waals surface area contributed by atoms with E-state index >= 15 is 0 Å². The van der Waals surface area contributed by atoms with Crippen LogP contribution in [0.1, 0.15) is 46.5 Å². The van der Waals surface area contributed by atoms with Crippen LogP contribution in [0.4, 0.5) is 0 Å². The van der Waals surface area contributed by atoms with Crippen LogP contribution in [-0.4, -0.2) is 21.9 Å². The molecule has 2 heteroatoms. The summed E-state index contributed by atoms with van der Waals surface area (Å²) in [6, 6.07) is 0. The van der Waals surface area contributed by atoms with Crippen molar-refractivity contribution < 1.29 is 10.2 Å². The fraction of sp³-hybridized carbons (Fsp3) is 1.00. The van der Waals surface area contributed by atoms with E-state index in [2.05, 4.69) is 13.8 Å². The second-order valence-corrected chi connectivity index (χ2v) is 4.98. The lowest BCUT2D eigenvalue weighted by molar-refractivity contribution is -0.0898. The fourth-order valence-corrected chi connectivity index (χ4v) is 2.45. The Hall–Kier alpha value is -0.0800. The van der Waals surface area contributed by atoms with Gasteiger partial charge in [0.05, 0.1) is 11.7 Å². The van der Waals surface area contributed by atoms with Crippen molar-refractivity contribution in [3.63, 3.8) is 0 Å². The van der Waals surface area contributed by atoms with Gasteiger partial charge < -0.3 is 10.2 Å². The van der Waals surface area contributed by atoms with Gasteiger partial charge in [-0.3, -0.25) is 0 Å². The molecule has 0 aromatic carbocycles. The average Bonchev–Trinajstić information content (AvgIpc) is 1.82. The number of aliphatic hydroxyl groups is 2. The summed E-state index contributed by atoms with van der Waals surface area (Å²) in [7, 11) is 0. The van der Waals surface area contributed by atoms with Crippen molar-refractivity contribution in [1.29, 1.82) is 0 Å². The quantitative estimate of drug-likeness (QED) is 0.632. The molecule has 2 nitrogen and oxygen atoms in total. The van der Waals surface area contributed by atoms with E-state index in [-0.39, 0.29) is 11.5 Å². The lowest BCUT2D eigenvalue weighted by Crippen LogP contribution is -2.44. The number of hydrogen-bond acceptors (Lipinski definition) is 2. The highest BCUT2D eigenvalue weighted by atomic mass is 16.3. The summed E-state index contributed by atoms with van der Waals surface area (Å²) < 4.78 is 0. The molecule has 2 N–H and O–H groups in total. The molecule has 0 spiro atoms. The van der Waals surface area contributed by atoms with E-state index in [4.69, 9.17) is 0 Å². The van der Waals surface area contributed by atoms with Gasteiger partial charge in [-0.15, -0.1) is 0 Å². The van der Waals surface area contributed by atoms with Gasteiger partial charge in [-0.2, -0.15) is 0 Å². The molecule has 0 radical (unpaired) electrons. The average molecular weight is 172 g/mol. The van der Waals surface area contributed by atoms with E-state index in [1.54, 1.807) is 0 Å². The van der Waals surface area contributed by atoms with Gasteiger partial charge in [0, 0.05) is 6.42 Å². The molecule has 2 unspecified atom stereocenters. The summed E-state index contributed by atoms with van der Waals surface area (Å²) in [5.74, 6) is 0. The van der Waals surface area contributed by atoms with Gasteiger partial charge in [0.1, 0.15) is 0 Å². The zero-order chi connectivity index (χ0) is 9.41. The first-order valence-electron chi connectivity index (χ1n) is 4.77. The monoisotopic (exact) mass is 172 g/mol. The minimum absolute atomic E-state index is 0.0857. The molecule has 0 aliphatic heterocycles. The maximum Gasteiger partial charge on any atom is 0.0674 e. The van der Waals surface area contributed by atoms with Crippen LogP contribution in [0.5, 0.6) is 0 Å². The van der Waals surface area contributed by atoms with Crippen molar-refractivity contribution >= 4 is 0 Å². The number of aliphatic hydroxyl groups excluding tert-OH is 1. The van der Waals surface area contributed by atoms with E-state index in [1.807, 2.05) is 6.92 Å². The molecular formula is C10H20O2. The Kier molecular flexibility index (Phi) is 2.50. The molecule has 0 saturated heterocycles. The Morgan fingerprint density at radius 3 is 2.33 bits per heavy atom.